The predicted octanol–water partition coefficient (Wildman–Crippen LogP) is 3.81. The Hall–Kier alpha value is -1.73. The third-order valence-electron chi connectivity index (χ3n) is 2.56. The molecule has 0 unspecified atom stereocenters. The van der Waals surface area contributed by atoms with Gasteiger partial charge in [-0.3, -0.25) is 10.1 Å². The van der Waals surface area contributed by atoms with Gasteiger partial charge in [-0.25, -0.2) is 9.37 Å². The van der Waals surface area contributed by atoms with Crippen molar-refractivity contribution in [3.8, 4) is 0 Å². The molecular weight excluding hydrogens is 305 g/mol. The molecule has 0 aliphatic carbocycles. The van der Waals surface area contributed by atoms with E-state index in [-0.39, 0.29) is 16.4 Å². The second-order valence-corrected chi connectivity index (χ2v) is 5.45. The van der Waals surface area contributed by atoms with E-state index in [1.54, 1.807) is 0 Å². The average molecular weight is 316 g/mol. The molecule has 1 aromatic heterocycles. The predicted molar refractivity (Wildman–Crippen MR) is 77.1 cm³/mol. The van der Waals surface area contributed by atoms with Crippen molar-refractivity contribution in [3.63, 3.8) is 0 Å². The van der Waals surface area contributed by atoms with Gasteiger partial charge in [0, 0.05) is 24.0 Å². The van der Waals surface area contributed by atoms with Crippen LogP contribution in [0.5, 0.6) is 0 Å². The van der Waals surface area contributed by atoms with Gasteiger partial charge in [0.05, 0.1) is 21.0 Å². The van der Waals surface area contributed by atoms with Crippen LogP contribution in [0.25, 0.3) is 0 Å². The molecule has 8 heteroatoms. The summed E-state index contributed by atoms with van der Waals surface area (Å²) in [4.78, 5) is 14.5. The van der Waals surface area contributed by atoms with Crippen LogP contribution in [0.4, 0.5) is 15.8 Å². The lowest BCUT2D eigenvalue weighted by molar-refractivity contribution is -0.384. The van der Waals surface area contributed by atoms with Crippen molar-refractivity contribution < 1.29 is 9.31 Å². The van der Waals surface area contributed by atoms with Gasteiger partial charge in [-0.2, -0.15) is 0 Å². The Morgan fingerprint density at radius 2 is 2.30 bits per heavy atom. The van der Waals surface area contributed by atoms with E-state index in [4.69, 9.17) is 11.6 Å². The van der Waals surface area contributed by atoms with Crippen LogP contribution < -0.4 is 5.32 Å². The smallest absolute Gasteiger partial charge is 0.295 e. The number of nitro groups is 1. The Labute approximate surface area is 123 Å². The number of nitrogens with one attached hydrogen (secondary N) is 1. The van der Waals surface area contributed by atoms with Crippen LogP contribution in [0.15, 0.2) is 17.5 Å². The van der Waals surface area contributed by atoms with Gasteiger partial charge < -0.3 is 5.32 Å². The molecule has 20 heavy (non-hydrogen) atoms. The molecule has 2 aromatic rings. The van der Waals surface area contributed by atoms with Crippen LogP contribution in [-0.4, -0.2) is 16.5 Å². The van der Waals surface area contributed by atoms with Gasteiger partial charge in [-0.15, -0.1) is 11.3 Å². The molecule has 5 nitrogen and oxygen atoms in total. The maximum absolute atomic E-state index is 13.2. The molecule has 0 bridgehead atoms. The molecule has 0 atom stereocenters. The Kier molecular flexibility index (Phi) is 4.51. The minimum Gasteiger partial charge on any atom is -0.379 e. The summed E-state index contributed by atoms with van der Waals surface area (Å²) in [6, 6.07) is 2.04. The number of aryl methyl sites for hydroxylation is 1. The summed E-state index contributed by atoms with van der Waals surface area (Å²) in [7, 11) is 0. The van der Waals surface area contributed by atoms with Crippen LogP contribution in [0, 0.1) is 22.9 Å². The maximum atomic E-state index is 13.2. The molecule has 2 rings (SSSR count). The zero-order valence-corrected chi connectivity index (χ0v) is 12.1. The Bertz CT molecular complexity index is 648. The summed E-state index contributed by atoms with van der Waals surface area (Å²) in [5.41, 5.74) is 0.817. The molecule has 0 aliphatic rings. The number of benzene rings is 1. The monoisotopic (exact) mass is 315 g/mol. The highest BCUT2D eigenvalue weighted by Crippen LogP contribution is 2.30. The average Bonchev–Trinajstić information content (AvgIpc) is 2.79. The largest absolute Gasteiger partial charge is 0.379 e. The number of rotatable bonds is 5. The molecule has 0 amide bonds. The number of thiazole rings is 1. The Morgan fingerprint density at radius 3 is 2.90 bits per heavy atom. The molecule has 1 heterocycles. The fraction of sp³-hybridized carbons (Fsp3) is 0.250. The number of aromatic nitrogens is 1. The minimum atomic E-state index is -0.806. The van der Waals surface area contributed by atoms with E-state index in [2.05, 4.69) is 10.3 Å². The zero-order valence-electron chi connectivity index (χ0n) is 10.5. The summed E-state index contributed by atoms with van der Waals surface area (Å²) in [5.74, 6) is -0.806. The number of nitro benzene ring substituents is 1. The van der Waals surface area contributed by atoms with Crippen molar-refractivity contribution in [2.45, 2.75) is 13.3 Å². The Morgan fingerprint density at radius 1 is 1.55 bits per heavy atom. The first-order valence-corrected chi connectivity index (χ1v) is 7.01. The van der Waals surface area contributed by atoms with Crippen molar-refractivity contribution in [2.75, 3.05) is 11.9 Å². The molecule has 0 saturated carbocycles. The molecule has 0 spiro atoms. The van der Waals surface area contributed by atoms with Crippen molar-refractivity contribution in [1.29, 1.82) is 0 Å². The minimum absolute atomic E-state index is 0.150. The van der Waals surface area contributed by atoms with Crippen molar-refractivity contribution >= 4 is 34.3 Å². The first-order valence-electron chi connectivity index (χ1n) is 5.75. The van der Waals surface area contributed by atoms with E-state index in [9.17, 15) is 14.5 Å². The summed E-state index contributed by atoms with van der Waals surface area (Å²) < 4.78 is 13.2. The molecule has 0 saturated heterocycles. The van der Waals surface area contributed by atoms with Crippen molar-refractivity contribution in [2.24, 2.45) is 0 Å². The van der Waals surface area contributed by atoms with Crippen LogP contribution in [0.3, 0.4) is 0 Å². The first-order chi connectivity index (χ1) is 9.47. The molecule has 0 fully saturated rings. The normalized spacial score (nSPS) is 10.6. The molecule has 0 aliphatic heterocycles. The standard InChI is InChI=1S/C12H11ClFN3O2S/c1-7-6-20-12(16-7)2-3-15-10-4-8(13)9(14)5-11(10)17(18)19/h4-6,15H,2-3H2,1H3. The number of anilines is 1. The summed E-state index contributed by atoms with van der Waals surface area (Å²) in [6.07, 6.45) is 0.630. The quantitative estimate of drug-likeness (QED) is 0.673. The highest BCUT2D eigenvalue weighted by atomic mass is 35.5. The highest BCUT2D eigenvalue weighted by Gasteiger charge is 2.17. The maximum Gasteiger partial charge on any atom is 0.295 e. The topological polar surface area (TPSA) is 68.1 Å². The molecule has 1 N–H and O–H groups in total. The molecule has 106 valence electrons. The van der Waals surface area contributed by atoms with Gasteiger partial charge in [-0.1, -0.05) is 11.6 Å². The van der Waals surface area contributed by atoms with Gasteiger partial charge in [0.1, 0.15) is 11.5 Å². The van der Waals surface area contributed by atoms with Crippen molar-refractivity contribution in [1.82, 2.24) is 4.98 Å². The fourth-order valence-corrected chi connectivity index (χ4v) is 2.59. The molecule has 1 aromatic carbocycles. The summed E-state index contributed by atoms with van der Waals surface area (Å²) in [5, 5.41) is 16.5. The van der Waals surface area contributed by atoms with Crippen LogP contribution in [-0.2, 0) is 6.42 Å². The van der Waals surface area contributed by atoms with E-state index >= 15 is 0 Å². The lowest BCUT2D eigenvalue weighted by Crippen LogP contribution is -2.07. The lowest BCUT2D eigenvalue weighted by Gasteiger charge is -2.07. The summed E-state index contributed by atoms with van der Waals surface area (Å²) in [6.45, 7) is 2.35. The fourth-order valence-electron chi connectivity index (χ4n) is 1.65. The van der Waals surface area contributed by atoms with E-state index in [1.165, 1.54) is 17.4 Å². The summed E-state index contributed by atoms with van der Waals surface area (Å²) >= 11 is 7.17. The van der Waals surface area contributed by atoms with Gasteiger partial charge in [0.15, 0.2) is 0 Å². The van der Waals surface area contributed by atoms with Gasteiger partial charge in [0.25, 0.3) is 5.69 Å². The van der Waals surface area contributed by atoms with E-state index < -0.39 is 10.7 Å². The molecular formula is C12H11ClFN3O2S. The SMILES string of the molecule is Cc1csc(CCNc2cc(Cl)c(F)cc2[N+](=O)[O-])n1. The van der Waals surface area contributed by atoms with E-state index in [1.807, 2.05) is 12.3 Å². The van der Waals surface area contributed by atoms with Gasteiger partial charge in [0.2, 0.25) is 0 Å². The Balaban J connectivity index is 2.08. The molecule has 0 radical (unpaired) electrons. The number of hydrogen-bond acceptors (Lipinski definition) is 5. The number of nitrogens with zero attached hydrogens (tertiary/aromatic N) is 2. The number of hydrogen-bond donors (Lipinski definition) is 1. The highest BCUT2D eigenvalue weighted by molar-refractivity contribution is 7.09. The van der Waals surface area contributed by atoms with E-state index in [0.29, 0.717) is 13.0 Å². The first kappa shape index (κ1) is 14.7. The lowest BCUT2D eigenvalue weighted by atomic mass is 10.2. The number of halogens is 2. The van der Waals surface area contributed by atoms with Crippen LogP contribution >= 0.6 is 22.9 Å². The van der Waals surface area contributed by atoms with Crippen molar-refractivity contribution in [3.05, 3.63) is 49.2 Å². The van der Waals surface area contributed by atoms with Gasteiger partial charge >= 0.3 is 0 Å². The van der Waals surface area contributed by atoms with Crippen LogP contribution in [0.2, 0.25) is 5.02 Å². The van der Waals surface area contributed by atoms with E-state index in [0.717, 1.165) is 16.8 Å². The second-order valence-electron chi connectivity index (χ2n) is 4.10. The third kappa shape index (κ3) is 3.43. The van der Waals surface area contributed by atoms with Gasteiger partial charge in [-0.05, 0) is 13.0 Å². The zero-order chi connectivity index (χ0) is 14.7. The van der Waals surface area contributed by atoms with Crippen LogP contribution in [0.1, 0.15) is 10.7 Å². The second kappa shape index (κ2) is 6.15. The third-order valence-corrected chi connectivity index (χ3v) is 3.87.